The number of hydrogen-bond acceptors (Lipinski definition) is 8. The number of thiophene rings is 1. The van der Waals surface area contributed by atoms with Gasteiger partial charge in [-0.2, -0.15) is 4.98 Å². The molecule has 1 aromatic carbocycles. The molecule has 174 valence electrons. The number of aryl methyl sites for hydroxylation is 1. The molecule has 0 bridgehead atoms. The standard InChI is InChI=1S/C23H27N5O4S/c1-13-18-22(32-3)26-17(12-31-2)27-23(18)33-19(13)21(30)25-15-6-4-5-7-16(15)28-10-8-14(9-11-28)20(24)29/h4-7,14H,8-12H2,1-3H3,(H2,24,29)(H,25,30). The molecule has 0 unspecified atom stereocenters. The molecule has 0 aliphatic carbocycles. The van der Waals surface area contributed by atoms with Gasteiger partial charge in [0.1, 0.15) is 11.4 Å². The van der Waals surface area contributed by atoms with Crippen LogP contribution in [-0.4, -0.2) is 49.1 Å². The van der Waals surface area contributed by atoms with E-state index < -0.39 is 0 Å². The second kappa shape index (κ2) is 9.72. The number of piperidine rings is 1. The molecule has 0 spiro atoms. The van der Waals surface area contributed by atoms with Crippen molar-refractivity contribution in [2.75, 3.05) is 37.5 Å². The third-order valence-electron chi connectivity index (χ3n) is 5.87. The molecule has 3 heterocycles. The van der Waals surface area contributed by atoms with E-state index in [1.165, 1.54) is 11.3 Å². The number of benzene rings is 1. The Morgan fingerprint density at radius 3 is 2.61 bits per heavy atom. The molecule has 9 nitrogen and oxygen atoms in total. The summed E-state index contributed by atoms with van der Waals surface area (Å²) in [4.78, 5) is 37.1. The number of hydrogen-bond donors (Lipinski definition) is 2. The highest BCUT2D eigenvalue weighted by atomic mass is 32.1. The normalized spacial score (nSPS) is 14.5. The Labute approximate surface area is 195 Å². The molecule has 4 rings (SSSR count). The second-order valence-electron chi connectivity index (χ2n) is 7.95. The lowest BCUT2D eigenvalue weighted by Gasteiger charge is -2.33. The van der Waals surface area contributed by atoms with E-state index in [9.17, 15) is 9.59 Å². The summed E-state index contributed by atoms with van der Waals surface area (Å²) >= 11 is 1.30. The van der Waals surface area contributed by atoms with Crippen LogP contribution in [0.4, 0.5) is 11.4 Å². The third kappa shape index (κ3) is 4.62. The number of methoxy groups -OCH3 is 2. The minimum absolute atomic E-state index is 0.0942. The number of primary amides is 1. The Hall–Kier alpha value is -3.24. The van der Waals surface area contributed by atoms with Gasteiger partial charge in [-0.25, -0.2) is 4.98 Å². The van der Waals surface area contributed by atoms with Crippen molar-refractivity contribution >= 4 is 44.7 Å². The molecule has 1 fully saturated rings. The van der Waals surface area contributed by atoms with Crippen molar-refractivity contribution in [1.82, 2.24) is 9.97 Å². The summed E-state index contributed by atoms with van der Waals surface area (Å²) in [5.41, 5.74) is 7.88. The topological polar surface area (TPSA) is 120 Å². The predicted molar refractivity (Wildman–Crippen MR) is 128 cm³/mol. The molecule has 0 saturated carbocycles. The quantitative estimate of drug-likeness (QED) is 0.545. The van der Waals surface area contributed by atoms with E-state index in [0.29, 0.717) is 47.3 Å². The van der Waals surface area contributed by atoms with E-state index in [0.717, 1.165) is 22.3 Å². The molecule has 3 aromatic rings. The number of nitrogens with zero attached hydrogens (tertiary/aromatic N) is 3. The Morgan fingerprint density at radius 1 is 1.21 bits per heavy atom. The largest absolute Gasteiger partial charge is 0.480 e. The van der Waals surface area contributed by atoms with E-state index in [-0.39, 0.29) is 24.3 Å². The lowest BCUT2D eigenvalue weighted by molar-refractivity contribution is -0.122. The average molecular weight is 470 g/mol. The van der Waals surface area contributed by atoms with E-state index >= 15 is 0 Å². The first-order chi connectivity index (χ1) is 15.9. The van der Waals surface area contributed by atoms with Crippen molar-refractivity contribution in [1.29, 1.82) is 0 Å². The maximum atomic E-state index is 13.3. The zero-order valence-corrected chi connectivity index (χ0v) is 19.7. The van der Waals surface area contributed by atoms with E-state index in [4.69, 9.17) is 15.2 Å². The van der Waals surface area contributed by atoms with Gasteiger partial charge in [0.25, 0.3) is 5.91 Å². The highest BCUT2D eigenvalue weighted by Gasteiger charge is 2.26. The number of nitrogens with two attached hydrogens (primary N) is 1. The number of carbonyl (C=O) groups excluding carboxylic acids is 2. The average Bonchev–Trinajstić information content (AvgIpc) is 3.15. The van der Waals surface area contributed by atoms with Crippen LogP contribution in [0.3, 0.4) is 0 Å². The lowest BCUT2D eigenvalue weighted by Crippen LogP contribution is -2.38. The molecule has 1 aliphatic heterocycles. The van der Waals surface area contributed by atoms with E-state index in [2.05, 4.69) is 20.2 Å². The molecule has 2 amide bonds. The van der Waals surface area contributed by atoms with Crippen molar-refractivity contribution in [2.24, 2.45) is 11.7 Å². The Bertz CT molecular complexity index is 1190. The van der Waals surface area contributed by atoms with Gasteiger partial charge in [0, 0.05) is 26.1 Å². The first kappa shape index (κ1) is 22.9. The van der Waals surface area contributed by atoms with Gasteiger partial charge < -0.3 is 25.4 Å². The van der Waals surface area contributed by atoms with Crippen LogP contribution in [0.25, 0.3) is 10.2 Å². The van der Waals surface area contributed by atoms with Crippen molar-refractivity contribution in [2.45, 2.75) is 26.4 Å². The van der Waals surface area contributed by atoms with Gasteiger partial charge >= 0.3 is 0 Å². The fraction of sp³-hybridized carbons (Fsp3) is 0.391. The van der Waals surface area contributed by atoms with Crippen LogP contribution in [-0.2, 0) is 16.1 Å². The van der Waals surface area contributed by atoms with Gasteiger partial charge in [0.2, 0.25) is 11.8 Å². The summed E-state index contributed by atoms with van der Waals surface area (Å²) in [6.07, 6.45) is 1.41. The Morgan fingerprint density at radius 2 is 1.94 bits per heavy atom. The summed E-state index contributed by atoms with van der Waals surface area (Å²) in [5.74, 6) is 0.370. The van der Waals surface area contributed by atoms with E-state index in [1.807, 2.05) is 31.2 Å². The lowest BCUT2D eigenvalue weighted by atomic mass is 9.96. The highest BCUT2D eigenvalue weighted by molar-refractivity contribution is 7.20. The second-order valence-corrected chi connectivity index (χ2v) is 8.95. The minimum atomic E-state index is -0.247. The fourth-order valence-electron chi connectivity index (χ4n) is 4.14. The van der Waals surface area contributed by atoms with Crippen LogP contribution >= 0.6 is 11.3 Å². The Kier molecular flexibility index (Phi) is 6.75. The van der Waals surface area contributed by atoms with Gasteiger partial charge in [0.15, 0.2) is 5.82 Å². The van der Waals surface area contributed by atoms with E-state index in [1.54, 1.807) is 14.2 Å². The summed E-state index contributed by atoms with van der Waals surface area (Å²) < 4.78 is 10.6. The molecule has 1 saturated heterocycles. The molecule has 2 aromatic heterocycles. The monoisotopic (exact) mass is 469 g/mol. The minimum Gasteiger partial charge on any atom is -0.480 e. The number of ether oxygens (including phenoxy) is 2. The zero-order chi connectivity index (χ0) is 23.5. The van der Waals surface area contributed by atoms with Crippen LogP contribution in [0.15, 0.2) is 24.3 Å². The number of amides is 2. The van der Waals surface area contributed by atoms with Crippen molar-refractivity contribution < 1.29 is 19.1 Å². The number of anilines is 2. The fourth-order valence-corrected chi connectivity index (χ4v) is 5.23. The number of carbonyl (C=O) groups is 2. The predicted octanol–water partition coefficient (Wildman–Crippen LogP) is 3.11. The van der Waals surface area contributed by atoms with Crippen molar-refractivity contribution in [3.8, 4) is 5.88 Å². The molecule has 33 heavy (non-hydrogen) atoms. The molecule has 0 atom stereocenters. The molecule has 10 heteroatoms. The first-order valence-electron chi connectivity index (χ1n) is 10.7. The molecule has 1 aliphatic rings. The van der Waals surface area contributed by atoms with Gasteiger partial charge in [-0.3, -0.25) is 9.59 Å². The zero-order valence-electron chi connectivity index (χ0n) is 18.9. The maximum absolute atomic E-state index is 13.3. The highest BCUT2D eigenvalue weighted by Crippen LogP contribution is 2.36. The smallest absolute Gasteiger partial charge is 0.266 e. The van der Waals surface area contributed by atoms with Crippen LogP contribution < -0.4 is 20.7 Å². The van der Waals surface area contributed by atoms with Crippen LogP contribution in [0.1, 0.15) is 33.9 Å². The first-order valence-corrected chi connectivity index (χ1v) is 11.5. The molecular formula is C23H27N5O4S. The molecule has 0 radical (unpaired) electrons. The number of para-hydroxylation sites is 2. The van der Waals surface area contributed by atoms with Crippen molar-refractivity contribution in [3.05, 3.63) is 40.5 Å². The third-order valence-corrected chi connectivity index (χ3v) is 7.05. The molecule has 3 N–H and O–H groups in total. The number of aromatic nitrogens is 2. The SMILES string of the molecule is COCc1nc(OC)c2c(C)c(C(=O)Nc3ccccc3N3CCC(C(N)=O)CC3)sc2n1. The van der Waals surface area contributed by atoms with Crippen LogP contribution in [0.2, 0.25) is 0 Å². The van der Waals surface area contributed by atoms with Crippen LogP contribution in [0.5, 0.6) is 5.88 Å². The Balaban J connectivity index is 1.61. The number of fused-ring (bicyclic) bond motifs is 1. The summed E-state index contributed by atoms with van der Waals surface area (Å²) in [6, 6.07) is 7.68. The van der Waals surface area contributed by atoms with Gasteiger partial charge in [-0.05, 0) is 37.5 Å². The number of nitrogens with one attached hydrogen (secondary N) is 1. The van der Waals surface area contributed by atoms with Crippen LogP contribution in [0, 0.1) is 12.8 Å². The summed E-state index contributed by atoms with van der Waals surface area (Å²) in [7, 11) is 3.12. The number of rotatable bonds is 7. The summed E-state index contributed by atoms with van der Waals surface area (Å²) in [6.45, 7) is 3.54. The summed E-state index contributed by atoms with van der Waals surface area (Å²) in [5, 5.41) is 3.79. The van der Waals surface area contributed by atoms with Crippen molar-refractivity contribution in [3.63, 3.8) is 0 Å². The molecular weight excluding hydrogens is 442 g/mol. The van der Waals surface area contributed by atoms with Gasteiger partial charge in [-0.15, -0.1) is 11.3 Å². The maximum Gasteiger partial charge on any atom is 0.266 e. The van der Waals surface area contributed by atoms with Gasteiger partial charge in [0.05, 0.1) is 28.7 Å². The van der Waals surface area contributed by atoms with Gasteiger partial charge in [-0.1, -0.05) is 12.1 Å².